The third-order valence-corrected chi connectivity index (χ3v) is 2.59. The van der Waals surface area contributed by atoms with E-state index in [4.69, 9.17) is 9.84 Å². The van der Waals surface area contributed by atoms with Gasteiger partial charge in [0.15, 0.2) is 5.56 Å². The Morgan fingerprint density at radius 3 is 2.67 bits per heavy atom. The summed E-state index contributed by atoms with van der Waals surface area (Å²) in [4.78, 5) is 23.1. The highest BCUT2D eigenvalue weighted by Gasteiger charge is 2.18. The maximum Gasteiger partial charge on any atom is 0.345 e. The number of pyridine rings is 1. The third-order valence-electron chi connectivity index (χ3n) is 2.59. The van der Waals surface area contributed by atoms with Crippen LogP contribution in [0.3, 0.4) is 0 Å². The predicted octanol–water partition coefficient (Wildman–Crippen LogP) is 1.99. The van der Waals surface area contributed by atoms with Crippen LogP contribution in [0, 0.1) is 5.92 Å². The van der Waals surface area contributed by atoms with E-state index in [1.54, 1.807) is 13.1 Å². The first-order valence-electron chi connectivity index (χ1n) is 6.06. The molecule has 0 aliphatic heterocycles. The number of hydrogen-bond acceptors (Lipinski definition) is 3. The van der Waals surface area contributed by atoms with Crippen molar-refractivity contribution in [2.75, 3.05) is 6.61 Å². The monoisotopic (exact) mass is 253 g/mol. The van der Waals surface area contributed by atoms with Crippen molar-refractivity contribution in [3.8, 4) is 5.75 Å². The zero-order chi connectivity index (χ0) is 13.7. The van der Waals surface area contributed by atoms with E-state index < -0.39 is 11.5 Å². The molecule has 0 aliphatic rings. The number of carbonyl (C=O) groups is 1. The molecule has 0 amide bonds. The van der Waals surface area contributed by atoms with Gasteiger partial charge in [-0.05, 0) is 25.3 Å². The molecule has 1 aromatic rings. The predicted molar refractivity (Wildman–Crippen MR) is 68.3 cm³/mol. The number of aromatic nitrogens is 1. The van der Waals surface area contributed by atoms with Gasteiger partial charge in [-0.3, -0.25) is 4.79 Å². The maximum absolute atomic E-state index is 12.0. The molecular formula is C13H19NO4. The van der Waals surface area contributed by atoms with E-state index in [1.165, 1.54) is 10.6 Å². The lowest BCUT2D eigenvalue weighted by Gasteiger charge is -2.11. The van der Waals surface area contributed by atoms with Gasteiger partial charge in [-0.2, -0.15) is 0 Å². The van der Waals surface area contributed by atoms with Crippen molar-refractivity contribution in [2.24, 2.45) is 5.92 Å². The first kappa shape index (κ1) is 14.3. The molecule has 18 heavy (non-hydrogen) atoms. The molecule has 0 atom stereocenters. The summed E-state index contributed by atoms with van der Waals surface area (Å²) in [7, 11) is 0. The van der Waals surface area contributed by atoms with Crippen LogP contribution in [0.15, 0.2) is 17.1 Å². The molecule has 0 spiro atoms. The molecule has 1 rings (SSSR count). The summed E-state index contributed by atoms with van der Waals surface area (Å²) in [5.41, 5.74) is -0.794. The highest BCUT2D eigenvalue weighted by molar-refractivity contribution is 5.90. The number of aryl methyl sites for hydroxylation is 1. The molecule has 0 unspecified atom stereocenters. The average molecular weight is 253 g/mol. The van der Waals surface area contributed by atoms with Crippen molar-refractivity contribution >= 4 is 5.97 Å². The van der Waals surface area contributed by atoms with Gasteiger partial charge in [-0.15, -0.1) is 0 Å². The smallest absolute Gasteiger partial charge is 0.345 e. The Bertz CT molecular complexity index is 476. The second kappa shape index (κ2) is 6.23. The number of hydrogen-bond donors (Lipinski definition) is 1. The number of ether oxygens (including phenoxy) is 1. The van der Waals surface area contributed by atoms with E-state index in [-0.39, 0.29) is 11.3 Å². The van der Waals surface area contributed by atoms with Crippen molar-refractivity contribution in [3.63, 3.8) is 0 Å². The van der Waals surface area contributed by atoms with Crippen LogP contribution in [-0.4, -0.2) is 22.2 Å². The van der Waals surface area contributed by atoms with Crippen LogP contribution >= 0.6 is 0 Å². The van der Waals surface area contributed by atoms with Crippen LogP contribution in [0.1, 0.15) is 37.6 Å². The highest BCUT2D eigenvalue weighted by Crippen LogP contribution is 2.14. The molecule has 1 aromatic heterocycles. The van der Waals surface area contributed by atoms with Gasteiger partial charge in [-0.1, -0.05) is 13.8 Å². The maximum atomic E-state index is 12.0. The van der Waals surface area contributed by atoms with Crippen molar-refractivity contribution in [1.29, 1.82) is 0 Å². The fourth-order valence-electron chi connectivity index (χ4n) is 1.60. The lowest BCUT2D eigenvalue weighted by Crippen LogP contribution is -2.27. The summed E-state index contributed by atoms with van der Waals surface area (Å²) in [6, 6.07) is 1.54. The van der Waals surface area contributed by atoms with Crippen molar-refractivity contribution in [2.45, 2.75) is 33.7 Å². The highest BCUT2D eigenvalue weighted by atomic mass is 16.5. The summed E-state index contributed by atoms with van der Waals surface area (Å²) >= 11 is 0. The average Bonchev–Trinajstić information content (AvgIpc) is 2.27. The molecule has 0 bridgehead atoms. The Morgan fingerprint density at radius 1 is 1.50 bits per heavy atom. The molecule has 5 nitrogen and oxygen atoms in total. The summed E-state index contributed by atoms with van der Waals surface area (Å²) < 4.78 is 6.59. The molecule has 1 heterocycles. The fourth-order valence-corrected chi connectivity index (χ4v) is 1.60. The van der Waals surface area contributed by atoms with Crippen LogP contribution in [-0.2, 0) is 6.54 Å². The molecule has 0 radical (unpaired) electrons. The Kier molecular flexibility index (Phi) is 4.95. The van der Waals surface area contributed by atoms with Gasteiger partial charge in [0, 0.05) is 12.7 Å². The van der Waals surface area contributed by atoms with E-state index in [9.17, 15) is 9.59 Å². The zero-order valence-electron chi connectivity index (χ0n) is 11.0. The Morgan fingerprint density at radius 2 is 2.17 bits per heavy atom. The van der Waals surface area contributed by atoms with Gasteiger partial charge in [0.2, 0.25) is 0 Å². The summed E-state index contributed by atoms with van der Waals surface area (Å²) in [5.74, 6) is -0.658. The molecule has 100 valence electrons. The number of carboxylic acid groups (broad SMARTS) is 1. The first-order chi connectivity index (χ1) is 8.47. The molecule has 0 aromatic carbocycles. The minimum atomic E-state index is -1.25. The van der Waals surface area contributed by atoms with Gasteiger partial charge in [-0.25, -0.2) is 4.79 Å². The molecule has 0 saturated heterocycles. The Hall–Kier alpha value is -1.78. The van der Waals surface area contributed by atoms with Crippen LogP contribution in [0.25, 0.3) is 0 Å². The summed E-state index contributed by atoms with van der Waals surface area (Å²) in [6.45, 7) is 6.70. The van der Waals surface area contributed by atoms with Crippen LogP contribution in [0.4, 0.5) is 0 Å². The molecule has 0 aliphatic carbocycles. The number of aromatic carboxylic acids is 1. The van der Waals surface area contributed by atoms with Gasteiger partial charge < -0.3 is 14.4 Å². The number of carboxylic acids is 1. The summed E-state index contributed by atoms with van der Waals surface area (Å²) in [6.07, 6.45) is 2.41. The second-order valence-corrected chi connectivity index (χ2v) is 4.47. The van der Waals surface area contributed by atoms with E-state index in [0.717, 1.165) is 6.42 Å². The Balaban J connectivity index is 3.14. The minimum absolute atomic E-state index is 0.135. The van der Waals surface area contributed by atoms with Crippen LogP contribution < -0.4 is 10.3 Å². The first-order valence-corrected chi connectivity index (χ1v) is 6.06. The van der Waals surface area contributed by atoms with Gasteiger partial charge in [0.05, 0.1) is 6.61 Å². The van der Waals surface area contributed by atoms with Crippen LogP contribution in [0.2, 0.25) is 0 Å². The van der Waals surface area contributed by atoms with Gasteiger partial charge >= 0.3 is 5.97 Å². The van der Waals surface area contributed by atoms with E-state index in [0.29, 0.717) is 19.1 Å². The van der Waals surface area contributed by atoms with E-state index >= 15 is 0 Å². The number of rotatable bonds is 6. The molecular weight excluding hydrogens is 234 g/mol. The van der Waals surface area contributed by atoms with Crippen LogP contribution in [0.5, 0.6) is 5.75 Å². The normalized spacial score (nSPS) is 10.7. The quantitative estimate of drug-likeness (QED) is 0.841. The largest absolute Gasteiger partial charge is 0.493 e. The minimum Gasteiger partial charge on any atom is -0.493 e. The third kappa shape index (κ3) is 3.35. The molecule has 0 fully saturated rings. The summed E-state index contributed by atoms with van der Waals surface area (Å²) in [5, 5.41) is 9.08. The van der Waals surface area contributed by atoms with E-state index in [1.807, 2.05) is 0 Å². The Labute approximate surface area is 106 Å². The van der Waals surface area contributed by atoms with Gasteiger partial charge in [0.25, 0.3) is 5.56 Å². The number of nitrogens with zero attached hydrogens (tertiary/aromatic N) is 1. The van der Waals surface area contributed by atoms with E-state index in [2.05, 4.69) is 13.8 Å². The standard InChI is InChI=1S/C13H19NO4/c1-4-18-10-6-8-14(7-5-9(2)3)12(15)11(10)13(16)17/h6,8-9H,4-5,7H2,1-3H3,(H,16,17). The van der Waals surface area contributed by atoms with Crippen molar-refractivity contribution in [3.05, 3.63) is 28.2 Å². The van der Waals surface area contributed by atoms with Crippen molar-refractivity contribution < 1.29 is 14.6 Å². The molecule has 1 N–H and O–H groups in total. The molecule has 0 saturated carbocycles. The fraction of sp³-hybridized carbons (Fsp3) is 0.538. The second-order valence-electron chi connectivity index (χ2n) is 4.47. The lowest BCUT2D eigenvalue weighted by molar-refractivity contribution is 0.0689. The SMILES string of the molecule is CCOc1ccn(CCC(C)C)c(=O)c1C(=O)O. The van der Waals surface area contributed by atoms with Gasteiger partial charge in [0.1, 0.15) is 5.75 Å². The molecule has 5 heteroatoms. The topological polar surface area (TPSA) is 68.5 Å². The zero-order valence-corrected chi connectivity index (χ0v) is 11.0. The van der Waals surface area contributed by atoms with Crippen molar-refractivity contribution in [1.82, 2.24) is 4.57 Å². The lowest BCUT2D eigenvalue weighted by atomic mass is 10.1.